The van der Waals surface area contributed by atoms with Crippen LogP contribution >= 0.6 is 0 Å². The van der Waals surface area contributed by atoms with Crippen molar-refractivity contribution in [3.8, 4) is 0 Å². The summed E-state index contributed by atoms with van der Waals surface area (Å²) in [6.07, 6.45) is 22.0. The van der Waals surface area contributed by atoms with E-state index >= 15 is 0 Å². The third kappa shape index (κ3) is 9.61. The zero-order valence-electron chi connectivity index (χ0n) is 26.6. The molecule has 0 aromatic rings. The Balaban J connectivity index is 1.38. The van der Waals surface area contributed by atoms with E-state index in [1.165, 1.54) is 103 Å². The normalized spacial score (nSPS) is 31.7. The number of hydrogen-bond donors (Lipinski definition) is 0. The van der Waals surface area contributed by atoms with Crippen molar-refractivity contribution in [3.05, 3.63) is 0 Å². The van der Waals surface area contributed by atoms with Crippen LogP contribution in [0.15, 0.2) is 0 Å². The van der Waals surface area contributed by atoms with Gasteiger partial charge in [0.05, 0.1) is 0 Å². The van der Waals surface area contributed by atoms with Gasteiger partial charge in [0.1, 0.15) is 0 Å². The second kappa shape index (κ2) is 12.0. The van der Waals surface area contributed by atoms with Crippen LogP contribution in [0.2, 0.25) is 0 Å². The first-order valence-corrected chi connectivity index (χ1v) is 16.3. The highest BCUT2D eigenvalue weighted by molar-refractivity contribution is 4.94. The van der Waals surface area contributed by atoms with Crippen LogP contribution < -0.4 is 0 Å². The van der Waals surface area contributed by atoms with E-state index in [4.69, 9.17) is 0 Å². The van der Waals surface area contributed by atoms with E-state index in [0.29, 0.717) is 21.8 Å². The van der Waals surface area contributed by atoms with Gasteiger partial charge in [-0.3, -0.25) is 4.90 Å². The summed E-state index contributed by atoms with van der Waals surface area (Å²) in [4.78, 5) is 2.85. The summed E-state index contributed by atoms with van der Waals surface area (Å²) >= 11 is 0. The Morgan fingerprint density at radius 3 is 1.36 bits per heavy atom. The molecule has 1 aliphatic heterocycles. The fourth-order valence-electron chi connectivity index (χ4n) is 8.84. The van der Waals surface area contributed by atoms with Gasteiger partial charge >= 0.3 is 0 Å². The molecule has 1 atom stereocenters. The first-order valence-electron chi connectivity index (χ1n) is 16.3. The summed E-state index contributed by atoms with van der Waals surface area (Å²) < 4.78 is 0. The van der Waals surface area contributed by atoms with E-state index < -0.39 is 0 Å². The molecule has 1 unspecified atom stereocenters. The van der Waals surface area contributed by atoms with Gasteiger partial charge in [-0.1, -0.05) is 87.0 Å². The fraction of sp³-hybridized carbons (Fsp3) is 1.00. The van der Waals surface area contributed by atoms with E-state index in [2.05, 4.69) is 74.1 Å². The van der Waals surface area contributed by atoms with Gasteiger partial charge in [0.15, 0.2) is 0 Å². The Bertz CT molecular complexity index is 643. The first-order chi connectivity index (χ1) is 16.5. The van der Waals surface area contributed by atoms with Crippen molar-refractivity contribution in [2.45, 2.75) is 177 Å². The van der Waals surface area contributed by atoms with Crippen LogP contribution in [0.5, 0.6) is 0 Å². The molecule has 212 valence electrons. The number of nitrogens with zero attached hydrogens (tertiary/aromatic N) is 1. The summed E-state index contributed by atoms with van der Waals surface area (Å²) in [6.45, 7) is 26.2. The minimum Gasteiger partial charge on any atom is -0.295 e. The molecular formula is C35H67N. The molecule has 3 aliphatic rings. The van der Waals surface area contributed by atoms with E-state index in [1.54, 1.807) is 0 Å². The van der Waals surface area contributed by atoms with Crippen LogP contribution in [0.4, 0.5) is 0 Å². The average Bonchev–Trinajstić information content (AvgIpc) is 3.24. The van der Waals surface area contributed by atoms with E-state index in [9.17, 15) is 0 Å². The van der Waals surface area contributed by atoms with Crippen molar-refractivity contribution in [2.75, 3.05) is 6.54 Å². The lowest BCUT2D eigenvalue weighted by atomic mass is 9.67. The number of rotatable bonds is 9. The van der Waals surface area contributed by atoms with E-state index in [0.717, 1.165) is 29.7 Å². The predicted octanol–water partition coefficient (Wildman–Crippen LogP) is 10.9. The second-order valence-electron chi connectivity index (χ2n) is 17.7. The molecule has 1 heterocycles. The standard InChI is InChI=1S/C35H67N/c1-32(2,3)24-27-13-15-28(16-14-27)25-34(7,8)21-22-35(9,10)26-29-17-19-30(20-18-29)31-12-11-23-36(31)33(4,5)6/h27-31H,11-26H2,1-10H3. The van der Waals surface area contributed by atoms with Crippen LogP contribution in [0, 0.1) is 39.9 Å². The van der Waals surface area contributed by atoms with Crippen LogP contribution in [0.3, 0.4) is 0 Å². The lowest BCUT2D eigenvalue weighted by molar-refractivity contribution is 0.0595. The summed E-state index contributed by atoms with van der Waals surface area (Å²) in [7, 11) is 0. The molecule has 0 N–H and O–H groups in total. The third-order valence-electron chi connectivity index (χ3n) is 10.6. The van der Waals surface area contributed by atoms with Crippen molar-refractivity contribution in [1.29, 1.82) is 0 Å². The molecule has 0 aromatic carbocycles. The molecule has 0 spiro atoms. The van der Waals surface area contributed by atoms with Gasteiger partial charge in [-0.2, -0.15) is 0 Å². The van der Waals surface area contributed by atoms with Crippen molar-refractivity contribution < 1.29 is 0 Å². The van der Waals surface area contributed by atoms with Crippen molar-refractivity contribution in [3.63, 3.8) is 0 Å². The monoisotopic (exact) mass is 502 g/mol. The van der Waals surface area contributed by atoms with E-state index in [1.807, 2.05) is 0 Å². The molecule has 3 rings (SSSR count). The summed E-state index contributed by atoms with van der Waals surface area (Å²) in [5, 5.41) is 0. The summed E-state index contributed by atoms with van der Waals surface area (Å²) in [5.74, 6) is 3.91. The van der Waals surface area contributed by atoms with Crippen LogP contribution in [-0.2, 0) is 0 Å². The molecule has 0 amide bonds. The molecule has 0 aromatic heterocycles. The minimum absolute atomic E-state index is 0.346. The Hall–Kier alpha value is -0.0400. The first kappa shape index (κ1) is 30.5. The molecule has 1 heteroatoms. The highest BCUT2D eigenvalue weighted by Gasteiger charge is 2.39. The third-order valence-corrected chi connectivity index (χ3v) is 10.6. The fourth-order valence-corrected chi connectivity index (χ4v) is 8.84. The van der Waals surface area contributed by atoms with Gasteiger partial charge in [0, 0.05) is 11.6 Å². The topological polar surface area (TPSA) is 3.24 Å². The van der Waals surface area contributed by atoms with Crippen molar-refractivity contribution in [2.24, 2.45) is 39.9 Å². The molecule has 1 nitrogen and oxygen atoms in total. The maximum Gasteiger partial charge on any atom is 0.0129 e. The van der Waals surface area contributed by atoms with Crippen LogP contribution in [0.25, 0.3) is 0 Å². The Morgan fingerprint density at radius 2 is 0.944 bits per heavy atom. The lowest BCUT2D eigenvalue weighted by Crippen LogP contribution is -2.48. The Labute approximate surface area is 228 Å². The second-order valence-corrected chi connectivity index (χ2v) is 17.7. The smallest absolute Gasteiger partial charge is 0.0129 e. The SMILES string of the molecule is CC(C)(C)CC1CCC(CC(C)(C)CCC(C)(C)CC2CCC(C3CCCN3C(C)(C)C)CC2)CC1. The predicted molar refractivity (Wildman–Crippen MR) is 160 cm³/mol. The number of likely N-dealkylation sites (tertiary alicyclic amines) is 1. The molecule has 2 saturated carbocycles. The largest absolute Gasteiger partial charge is 0.295 e. The Morgan fingerprint density at radius 1 is 0.528 bits per heavy atom. The van der Waals surface area contributed by atoms with Gasteiger partial charge in [0.25, 0.3) is 0 Å². The highest BCUT2D eigenvalue weighted by atomic mass is 15.2. The molecule has 0 radical (unpaired) electrons. The minimum atomic E-state index is 0.346. The molecule has 0 bridgehead atoms. The molecule has 1 saturated heterocycles. The molecular weight excluding hydrogens is 434 g/mol. The van der Waals surface area contributed by atoms with Crippen LogP contribution in [-0.4, -0.2) is 23.0 Å². The Kier molecular flexibility index (Phi) is 10.2. The maximum absolute atomic E-state index is 2.85. The highest BCUT2D eigenvalue weighted by Crippen LogP contribution is 2.46. The van der Waals surface area contributed by atoms with Gasteiger partial charge in [-0.05, 0) is 125 Å². The van der Waals surface area contributed by atoms with Gasteiger partial charge < -0.3 is 0 Å². The van der Waals surface area contributed by atoms with Crippen molar-refractivity contribution in [1.82, 2.24) is 4.90 Å². The maximum atomic E-state index is 2.85. The quantitative estimate of drug-likeness (QED) is 0.303. The zero-order valence-corrected chi connectivity index (χ0v) is 26.6. The van der Waals surface area contributed by atoms with Crippen molar-refractivity contribution >= 4 is 0 Å². The molecule has 36 heavy (non-hydrogen) atoms. The average molecular weight is 502 g/mol. The summed E-state index contributed by atoms with van der Waals surface area (Å²) in [6, 6.07) is 0.864. The lowest BCUT2D eigenvalue weighted by Gasteiger charge is -2.43. The zero-order chi connectivity index (χ0) is 26.8. The van der Waals surface area contributed by atoms with E-state index in [-0.39, 0.29) is 0 Å². The van der Waals surface area contributed by atoms with Crippen LogP contribution in [0.1, 0.15) is 166 Å². The molecule has 2 aliphatic carbocycles. The van der Waals surface area contributed by atoms with Gasteiger partial charge in [-0.15, -0.1) is 0 Å². The molecule has 3 fully saturated rings. The van der Waals surface area contributed by atoms with Gasteiger partial charge in [0.2, 0.25) is 0 Å². The summed E-state index contributed by atoms with van der Waals surface area (Å²) in [5.41, 5.74) is 1.86. The number of hydrogen-bond acceptors (Lipinski definition) is 1. The van der Waals surface area contributed by atoms with Gasteiger partial charge in [-0.25, -0.2) is 0 Å².